The molecule has 0 unspecified atom stereocenters. The molecule has 0 atom stereocenters. The number of hydrogen-bond donors (Lipinski definition) is 1. The molecule has 3 aromatic carbocycles. The van der Waals surface area contributed by atoms with Gasteiger partial charge in [-0.25, -0.2) is 10.1 Å². The Morgan fingerprint density at radius 1 is 1.09 bits per heavy atom. The first-order valence-corrected chi connectivity index (χ1v) is 11.0. The molecular weight excluding hydrogens is 446 g/mol. The van der Waals surface area contributed by atoms with E-state index in [0.29, 0.717) is 17.9 Å². The summed E-state index contributed by atoms with van der Waals surface area (Å²) in [4.78, 5) is 22.7. The Hall–Kier alpha value is -4.79. The maximum atomic E-state index is 12.4. The molecule has 9 heteroatoms. The summed E-state index contributed by atoms with van der Waals surface area (Å²) in [5.74, 6) is 0.300. The molecule has 0 radical (unpaired) electrons. The predicted octanol–water partition coefficient (Wildman–Crippen LogP) is 5.00. The number of non-ortho nitro benzene ring substituents is 1. The van der Waals surface area contributed by atoms with E-state index in [0.717, 1.165) is 23.4 Å². The third-order valence-corrected chi connectivity index (χ3v) is 5.07. The first-order valence-electron chi connectivity index (χ1n) is 11.0. The van der Waals surface area contributed by atoms with Gasteiger partial charge in [0, 0.05) is 35.0 Å². The number of ether oxygens (including phenoxy) is 1. The Kier molecular flexibility index (Phi) is 7.27. The van der Waals surface area contributed by atoms with Crippen molar-refractivity contribution in [1.29, 1.82) is 0 Å². The quantitative estimate of drug-likeness (QED) is 0.211. The average molecular weight is 470 g/mol. The molecule has 35 heavy (non-hydrogen) atoms. The number of hydrazone groups is 1. The second kappa shape index (κ2) is 10.9. The van der Waals surface area contributed by atoms with E-state index in [2.05, 4.69) is 17.5 Å². The van der Waals surface area contributed by atoms with E-state index in [9.17, 15) is 14.9 Å². The number of benzene rings is 3. The van der Waals surface area contributed by atoms with E-state index in [4.69, 9.17) is 9.84 Å². The largest absolute Gasteiger partial charge is 0.494 e. The van der Waals surface area contributed by atoms with E-state index in [-0.39, 0.29) is 11.3 Å². The minimum absolute atomic E-state index is 0.0888. The molecule has 0 fully saturated rings. The summed E-state index contributed by atoms with van der Waals surface area (Å²) < 4.78 is 7.41. The summed E-state index contributed by atoms with van der Waals surface area (Å²) in [7, 11) is 0. The lowest BCUT2D eigenvalue weighted by molar-refractivity contribution is -0.384. The van der Waals surface area contributed by atoms with Crippen LogP contribution in [0.15, 0.2) is 90.2 Å². The molecule has 176 valence electrons. The van der Waals surface area contributed by atoms with Gasteiger partial charge in [-0.2, -0.15) is 10.2 Å². The zero-order chi connectivity index (χ0) is 24.6. The molecule has 0 aliphatic carbocycles. The summed E-state index contributed by atoms with van der Waals surface area (Å²) in [5.41, 5.74) is 5.76. The van der Waals surface area contributed by atoms with Gasteiger partial charge >= 0.3 is 0 Å². The lowest BCUT2D eigenvalue weighted by Gasteiger charge is -2.05. The fourth-order valence-electron chi connectivity index (χ4n) is 3.31. The molecular formula is C26H23N5O4. The zero-order valence-electron chi connectivity index (χ0n) is 19.0. The molecule has 4 rings (SSSR count). The number of carbonyl (C=O) groups excluding carboxylic acids is 1. The lowest BCUT2D eigenvalue weighted by atomic mass is 10.1. The van der Waals surface area contributed by atoms with E-state index in [1.807, 2.05) is 60.8 Å². The molecule has 1 aromatic heterocycles. The predicted molar refractivity (Wildman–Crippen MR) is 133 cm³/mol. The van der Waals surface area contributed by atoms with E-state index < -0.39 is 10.8 Å². The van der Waals surface area contributed by atoms with Crippen molar-refractivity contribution in [3.63, 3.8) is 0 Å². The third kappa shape index (κ3) is 5.77. The van der Waals surface area contributed by atoms with Gasteiger partial charge < -0.3 is 4.74 Å². The Morgan fingerprint density at radius 3 is 2.46 bits per heavy atom. The summed E-state index contributed by atoms with van der Waals surface area (Å²) in [5, 5.41) is 19.6. The van der Waals surface area contributed by atoms with Gasteiger partial charge in [0.1, 0.15) is 11.4 Å². The third-order valence-electron chi connectivity index (χ3n) is 5.07. The van der Waals surface area contributed by atoms with Crippen molar-refractivity contribution < 1.29 is 14.5 Å². The highest BCUT2D eigenvalue weighted by molar-refractivity contribution is 5.95. The van der Waals surface area contributed by atoms with Crippen LogP contribution in [0.5, 0.6) is 5.75 Å². The van der Waals surface area contributed by atoms with Gasteiger partial charge in [0.05, 0.1) is 23.4 Å². The van der Waals surface area contributed by atoms with Crippen molar-refractivity contribution in [1.82, 2.24) is 15.2 Å². The first-order chi connectivity index (χ1) is 17.0. The lowest BCUT2D eigenvalue weighted by Crippen LogP contribution is -2.17. The summed E-state index contributed by atoms with van der Waals surface area (Å²) in [6, 6.07) is 22.6. The zero-order valence-corrected chi connectivity index (χ0v) is 19.0. The average Bonchev–Trinajstić information content (AvgIpc) is 3.32. The number of para-hydroxylation sites is 1. The number of nitro benzene ring substituents is 1. The minimum atomic E-state index is -0.520. The van der Waals surface area contributed by atoms with Crippen molar-refractivity contribution in [2.24, 2.45) is 5.10 Å². The van der Waals surface area contributed by atoms with Crippen molar-refractivity contribution in [2.45, 2.75) is 13.3 Å². The molecule has 0 aliphatic rings. The molecule has 0 saturated heterocycles. The fraction of sp³-hybridized carbons (Fsp3) is 0.115. The Balaban J connectivity index is 1.57. The topological polar surface area (TPSA) is 112 Å². The second-order valence-corrected chi connectivity index (χ2v) is 7.59. The van der Waals surface area contributed by atoms with Gasteiger partial charge in [-0.05, 0) is 55.0 Å². The van der Waals surface area contributed by atoms with E-state index in [1.54, 1.807) is 4.68 Å². The van der Waals surface area contributed by atoms with Crippen LogP contribution in [-0.2, 0) is 0 Å². The number of nitrogens with zero attached hydrogens (tertiary/aromatic N) is 4. The van der Waals surface area contributed by atoms with Gasteiger partial charge in [0.2, 0.25) is 0 Å². The number of nitrogens with one attached hydrogen (secondary N) is 1. The number of carbonyl (C=O) groups is 1. The van der Waals surface area contributed by atoms with Gasteiger partial charge in [0.15, 0.2) is 0 Å². The maximum Gasteiger partial charge on any atom is 0.271 e. The molecule has 4 aromatic rings. The number of nitro groups is 1. The Labute approximate surface area is 201 Å². The summed E-state index contributed by atoms with van der Waals surface area (Å²) >= 11 is 0. The number of rotatable bonds is 9. The molecule has 1 N–H and O–H groups in total. The van der Waals surface area contributed by atoms with Gasteiger partial charge in [-0.15, -0.1) is 0 Å². The van der Waals surface area contributed by atoms with Crippen molar-refractivity contribution >= 4 is 17.8 Å². The van der Waals surface area contributed by atoms with Crippen LogP contribution in [0.3, 0.4) is 0 Å². The van der Waals surface area contributed by atoms with Crippen LogP contribution in [0, 0.1) is 10.1 Å². The van der Waals surface area contributed by atoms with E-state index >= 15 is 0 Å². The van der Waals surface area contributed by atoms with Gasteiger partial charge in [0.25, 0.3) is 11.6 Å². The molecule has 0 saturated carbocycles. The van der Waals surface area contributed by atoms with Crippen molar-refractivity contribution in [2.75, 3.05) is 6.61 Å². The van der Waals surface area contributed by atoms with Crippen LogP contribution >= 0.6 is 0 Å². The van der Waals surface area contributed by atoms with Crippen molar-refractivity contribution in [3.05, 3.63) is 106 Å². The molecule has 0 bridgehead atoms. The van der Waals surface area contributed by atoms with Crippen LogP contribution in [0.1, 0.15) is 29.3 Å². The number of amides is 1. The molecule has 1 amide bonds. The highest BCUT2D eigenvalue weighted by Gasteiger charge is 2.12. The molecule has 0 aliphatic heterocycles. The first kappa shape index (κ1) is 23.4. The Morgan fingerprint density at radius 2 is 1.80 bits per heavy atom. The van der Waals surface area contributed by atoms with Crippen LogP contribution in [-0.4, -0.2) is 33.4 Å². The highest BCUT2D eigenvalue weighted by atomic mass is 16.6. The van der Waals surface area contributed by atoms with Crippen molar-refractivity contribution in [3.8, 4) is 22.7 Å². The van der Waals surface area contributed by atoms with Gasteiger partial charge in [-0.3, -0.25) is 14.9 Å². The summed E-state index contributed by atoms with van der Waals surface area (Å²) in [6.07, 6.45) is 4.27. The second-order valence-electron chi connectivity index (χ2n) is 7.59. The number of hydrogen-bond acceptors (Lipinski definition) is 6. The monoisotopic (exact) mass is 469 g/mol. The normalized spacial score (nSPS) is 10.9. The number of aromatic nitrogens is 2. The molecule has 0 spiro atoms. The molecule has 1 heterocycles. The highest BCUT2D eigenvalue weighted by Crippen LogP contribution is 2.25. The minimum Gasteiger partial charge on any atom is -0.494 e. The van der Waals surface area contributed by atoms with Crippen LogP contribution in [0.2, 0.25) is 0 Å². The summed E-state index contributed by atoms with van der Waals surface area (Å²) in [6.45, 7) is 2.70. The van der Waals surface area contributed by atoms with Crippen LogP contribution in [0.4, 0.5) is 5.69 Å². The molecule has 9 nitrogen and oxygen atoms in total. The van der Waals surface area contributed by atoms with E-state index in [1.165, 1.54) is 30.5 Å². The standard InChI is InChI=1S/C26H23N5O4/c1-2-16-35-24-14-10-19(11-15-24)25-21(18-30(29-25)22-6-4-3-5-7-22)17-27-28-26(32)20-8-12-23(13-9-20)31(33)34/h3-15,17-18H,2,16H2,1H3,(H,28,32)/b27-17+. The van der Waals surface area contributed by atoms with Crippen LogP contribution < -0.4 is 10.2 Å². The van der Waals surface area contributed by atoms with Crippen LogP contribution in [0.25, 0.3) is 16.9 Å². The van der Waals surface area contributed by atoms with Gasteiger partial charge in [-0.1, -0.05) is 25.1 Å². The fourth-order valence-corrected chi connectivity index (χ4v) is 3.31. The Bertz CT molecular complexity index is 1330. The SMILES string of the molecule is CCCOc1ccc(-c2nn(-c3ccccc3)cc2/C=N/NC(=O)c2ccc([N+](=O)[O-])cc2)cc1. The maximum absolute atomic E-state index is 12.4. The smallest absolute Gasteiger partial charge is 0.271 e.